The number of rotatable bonds is 2. The van der Waals surface area contributed by atoms with Gasteiger partial charge in [0, 0.05) is 0 Å². The van der Waals surface area contributed by atoms with Crippen LogP contribution in [0.1, 0.15) is 45.2 Å². The van der Waals surface area contributed by atoms with Gasteiger partial charge in [0.1, 0.15) is 5.60 Å². The Kier molecular flexibility index (Phi) is 2.67. The highest BCUT2D eigenvalue weighted by molar-refractivity contribution is 5.77. The molecule has 0 saturated heterocycles. The van der Waals surface area contributed by atoms with Crippen LogP contribution in [-0.2, 0) is 5.60 Å². The molecule has 1 nitrogen and oxygen atoms in total. The quantitative estimate of drug-likeness (QED) is 0.798. The van der Waals surface area contributed by atoms with E-state index in [1.165, 1.54) is 11.1 Å². The molecule has 0 aliphatic heterocycles. The van der Waals surface area contributed by atoms with Gasteiger partial charge in [-0.2, -0.15) is 0 Å². The molecule has 1 aliphatic carbocycles. The van der Waals surface area contributed by atoms with E-state index in [4.69, 9.17) is 0 Å². The summed E-state index contributed by atoms with van der Waals surface area (Å²) in [5.41, 5.74) is 3.90. The second kappa shape index (κ2) is 3.74. The van der Waals surface area contributed by atoms with Gasteiger partial charge in [0.25, 0.3) is 0 Å². The van der Waals surface area contributed by atoms with Crippen molar-refractivity contribution in [2.24, 2.45) is 5.92 Å². The first kappa shape index (κ1) is 11.4. The summed E-state index contributed by atoms with van der Waals surface area (Å²) in [6.45, 7) is 8.47. The Bertz CT molecular complexity index is 443. The fourth-order valence-corrected chi connectivity index (χ4v) is 2.74. The molecular formula is C15H20O. The van der Waals surface area contributed by atoms with E-state index in [9.17, 15) is 5.11 Å². The maximum Gasteiger partial charge on any atom is 0.112 e. The number of aliphatic hydroxyl groups is 1. The van der Waals surface area contributed by atoms with Crippen molar-refractivity contribution >= 4 is 5.57 Å². The van der Waals surface area contributed by atoms with Crippen molar-refractivity contribution < 1.29 is 5.11 Å². The van der Waals surface area contributed by atoms with Crippen LogP contribution in [0.15, 0.2) is 29.8 Å². The number of benzene rings is 1. The summed E-state index contributed by atoms with van der Waals surface area (Å²) in [7, 11) is 0. The van der Waals surface area contributed by atoms with Crippen LogP contribution in [0.5, 0.6) is 0 Å². The monoisotopic (exact) mass is 216 g/mol. The SMILES string of the molecule is CC1=C(C)[C@](O)(CC(C)C)c2ccccc21. The van der Waals surface area contributed by atoms with Gasteiger partial charge < -0.3 is 5.11 Å². The highest BCUT2D eigenvalue weighted by Crippen LogP contribution is 2.47. The molecule has 1 aromatic rings. The predicted octanol–water partition coefficient (Wildman–Crippen LogP) is 3.73. The largest absolute Gasteiger partial charge is 0.381 e. The Labute approximate surface area is 97.8 Å². The molecule has 0 aromatic heterocycles. The molecule has 0 bridgehead atoms. The van der Waals surface area contributed by atoms with Gasteiger partial charge in [-0.05, 0) is 48.5 Å². The molecule has 1 aromatic carbocycles. The van der Waals surface area contributed by atoms with E-state index in [0.29, 0.717) is 5.92 Å². The highest BCUT2D eigenvalue weighted by Gasteiger charge is 2.39. The van der Waals surface area contributed by atoms with Crippen molar-refractivity contribution in [3.8, 4) is 0 Å². The van der Waals surface area contributed by atoms with Crippen LogP contribution < -0.4 is 0 Å². The predicted molar refractivity (Wildman–Crippen MR) is 68.1 cm³/mol. The topological polar surface area (TPSA) is 20.2 Å². The van der Waals surface area contributed by atoms with Crippen LogP contribution >= 0.6 is 0 Å². The van der Waals surface area contributed by atoms with Gasteiger partial charge in [-0.3, -0.25) is 0 Å². The van der Waals surface area contributed by atoms with E-state index in [0.717, 1.165) is 17.6 Å². The summed E-state index contributed by atoms with van der Waals surface area (Å²) in [6, 6.07) is 8.21. The third-order valence-electron chi connectivity index (χ3n) is 3.66. The Morgan fingerprint density at radius 2 is 1.81 bits per heavy atom. The first-order chi connectivity index (χ1) is 7.47. The van der Waals surface area contributed by atoms with Crippen molar-refractivity contribution in [1.29, 1.82) is 0 Å². The van der Waals surface area contributed by atoms with Crippen molar-refractivity contribution in [2.45, 2.75) is 39.7 Å². The van der Waals surface area contributed by atoms with Crippen molar-refractivity contribution in [2.75, 3.05) is 0 Å². The van der Waals surface area contributed by atoms with E-state index >= 15 is 0 Å². The summed E-state index contributed by atoms with van der Waals surface area (Å²) >= 11 is 0. The fraction of sp³-hybridized carbons (Fsp3) is 0.467. The zero-order chi connectivity index (χ0) is 11.9. The van der Waals surface area contributed by atoms with Crippen LogP contribution in [0, 0.1) is 5.92 Å². The molecule has 0 fully saturated rings. The van der Waals surface area contributed by atoms with E-state index < -0.39 is 5.60 Å². The maximum atomic E-state index is 10.9. The van der Waals surface area contributed by atoms with Gasteiger partial charge in [-0.25, -0.2) is 0 Å². The van der Waals surface area contributed by atoms with Crippen LogP contribution in [0.2, 0.25) is 0 Å². The Hall–Kier alpha value is -1.08. The molecule has 0 saturated carbocycles. The zero-order valence-electron chi connectivity index (χ0n) is 10.5. The summed E-state index contributed by atoms with van der Waals surface area (Å²) in [6.07, 6.45) is 0.799. The van der Waals surface area contributed by atoms with Crippen molar-refractivity contribution in [3.63, 3.8) is 0 Å². The zero-order valence-corrected chi connectivity index (χ0v) is 10.5. The van der Waals surface area contributed by atoms with Gasteiger partial charge in [0.15, 0.2) is 0 Å². The van der Waals surface area contributed by atoms with E-state index in [1.54, 1.807) is 0 Å². The van der Waals surface area contributed by atoms with Crippen LogP contribution in [0.25, 0.3) is 5.57 Å². The summed E-state index contributed by atoms with van der Waals surface area (Å²) in [4.78, 5) is 0. The molecule has 0 unspecified atom stereocenters. The molecule has 2 rings (SSSR count). The fourth-order valence-electron chi connectivity index (χ4n) is 2.74. The number of hydrogen-bond acceptors (Lipinski definition) is 1. The van der Waals surface area contributed by atoms with E-state index in [1.807, 2.05) is 12.1 Å². The molecule has 16 heavy (non-hydrogen) atoms. The summed E-state index contributed by atoms with van der Waals surface area (Å²) in [5.74, 6) is 0.485. The first-order valence-corrected chi connectivity index (χ1v) is 5.97. The second-order valence-electron chi connectivity index (χ2n) is 5.25. The molecule has 1 aliphatic rings. The highest BCUT2D eigenvalue weighted by atomic mass is 16.3. The standard InChI is InChI=1S/C15H20O/c1-10(2)9-15(16)12(4)11(3)13-7-5-6-8-14(13)15/h5-8,10,16H,9H2,1-4H3/t15-/m1/s1. The van der Waals surface area contributed by atoms with Crippen LogP contribution in [-0.4, -0.2) is 5.11 Å². The minimum Gasteiger partial charge on any atom is -0.381 e. The lowest BCUT2D eigenvalue weighted by Gasteiger charge is -2.28. The van der Waals surface area contributed by atoms with Crippen LogP contribution in [0.4, 0.5) is 0 Å². The van der Waals surface area contributed by atoms with Crippen molar-refractivity contribution in [1.82, 2.24) is 0 Å². The third-order valence-corrected chi connectivity index (χ3v) is 3.66. The third kappa shape index (κ3) is 1.51. The molecule has 86 valence electrons. The van der Waals surface area contributed by atoms with Gasteiger partial charge >= 0.3 is 0 Å². The average molecular weight is 216 g/mol. The van der Waals surface area contributed by atoms with Gasteiger partial charge in [-0.15, -0.1) is 0 Å². The average Bonchev–Trinajstić information content (AvgIpc) is 2.42. The lowest BCUT2D eigenvalue weighted by atomic mass is 9.83. The molecule has 0 radical (unpaired) electrons. The summed E-state index contributed by atoms with van der Waals surface area (Å²) < 4.78 is 0. The lowest BCUT2D eigenvalue weighted by molar-refractivity contribution is 0.0568. The van der Waals surface area contributed by atoms with Gasteiger partial charge in [0.2, 0.25) is 0 Å². The molecule has 1 atom stereocenters. The molecule has 0 amide bonds. The normalized spacial score (nSPS) is 24.1. The van der Waals surface area contributed by atoms with Crippen LogP contribution in [0.3, 0.4) is 0 Å². The Morgan fingerprint density at radius 3 is 2.44 bits per heavy atom. The molecule has 1 heteroatoms. The maximum absolute atomic E-state index is 10.9. The molecule has 0 heterocycles. The summed E-state index contributed by atoms with van der Waals surface area (Å²) in [5, 5.41) is 10.9. The number of allylic oxidation sites excluding steroid dienone is 1. The van der Waals surface area contributed by atoms with Crippen molar-refractivity contribution in [3.05, 3.63) is 41.0 Å². The second-order valence-corrected chi connectivity index (χ2v) is 5.25. The molecule has 0 spiro atoms. The van der Waals surface area contributed by atoms with E-state index in [-0.39, 0.29) is 0 Å². The number of fused-ring (bicyclic) bond motifs is 1. The minimum absolute atomic E-state index is 0.485. The molecule has 1 N–H and O–H groups in total. The lowest BCUT2D eigenvalue weighted by Crippen LogP contribution is -2.26. The Balaban J connectivity index is 2.56. The molecular weight excluding hydrogens is 196 g/mol. The van der Waals surface area contributed by atoms with E-state index in [2.05, 4.69) is 39.8 Å². The van der Waals surface area contributed by atoms with Gasteiger partial charge in [-0.1, -0.05) is 38.1 Å². The first-order valence-electron chi connectivity index (χ1n) is 5.97. The number of hydrogen-bond donors (Lipinski definition) is 1. The smallest absolute Gasteiger partial charge is 0.112 e. The van der Waals surface area contributed by atoms with Gasteiger partial charge in [0.05, 0.1) is 0 Å². The minimum atomic E-state index is -0.741. The Morgan fingerprint density at radius 1 is 1.19 bits per heavy atom.